The van der Waals surface area contributed by atoms with Crippen molar-refractivity contribution in [3.05, 3.63) is 59.5 Å². The maximum atomic E-state index is 12.6. The molecule has 0 saturated heterocycles. The molecule has 0 fully saturated rings. The zero-order valence-electron chi connectivity index (χ0n) is 18.8. The van der Waals surface area contributed by atoms with Crippen LogP contribution in [0.4, 0.5) is 22.3 Å². The Balaban J connectivity index is 1.42. The van der Waals surface area contributed by atoms with E-state index in [1.165, 1.54) is 13.1 Å². The lowest BCUT2D eigenvalue weighted by atomic mass is 10.2. The zero-order chi connectivity index (χ0) is 24.5. The van der Waals surface area contributed by atoms with Crippen LogP contribution in [0.1, 0.15) is 23.9 Å². The van der Waals surface area contributed by atoms with Gasteiger partial charge in [-0.3, -0.25) is 9.52 Å². The number of sulfonamides is 1. The quantitative estimate of drug-likeness (QED) is 0.351. The van der Waals surface area contributed by atoms with Gasteiger partial charge in [0.2, 0.25) is 5.91 Å². The number of nitrogens with one attached hydrogen (secondary N) is 3. The molecule has 0 radical (unpaired) electrons. The minimum Gasteiger partial charge on any atom is -0.339 e. The molecular weight excluding hydrogens is 476 g/mol. The fraction of sp³-hybridized carbons (Fsp3) is 0.190. The van der Waals surface area contributed by atoms with Crippen LogP contribution in [0, 0.1) is 20.8 Å². The summed E-state index contributed by atoms with van der Waals surface area (Å²) in [6.45, 7) is 7.27. The smallest absolute Gasteiger partial charge is 0.273 e. The molecule has 13 heteroatoms. The molecule has 34 heavy (non-hydrogen) atoms. The molecule has 1 amide bonds. The van der Waals surface area contributed by atoms with Crippen LogP contribution in [0.15, 0.2) is 46.8 Å². The van der Waals surface area contributed by atoms with E-state index in [1.807, 2.05) is 26.8 Å². The second-order valence-electron chi connectivity index (χ2n) is 7.46. The van der Waals surface area contributed by atoms with Crippen molar-refractivity contribution in [1.82, 2.24) is 25.0 Å². The van der Waals surface area contributed by atoms with Crippen LogP contribution >= 0.6 is 11.3 Å². The summed E-state index contributed by atoms with van der Waals surface area (Å²) in [5, 5.41) is 18.7. The third kappa shape index (κ3) is 5.05. The molecule has 0 aliphatic rings. The first-order chi connectivity index (χ1) is 16.1. The van der Waals surface area contributed by atoms with E-state index in [0.29, 0.717) is 23.0 Å². The van der Waals surface area contributed by atoms with E-state index < -0.39 is 10.0 Å². The molecule has 4 aromatic rings. The van der Waals surface area contributed by atoms with Crippen LogP contribution < -0.4 is 15.4 Å². The monoisotopic (exact) mass is 498 g/mol. The number of anilines is 4. The van der Waals surface area contributed by atoms with Gasteiger partial charge in [-0.2, -0.15) is 5.10 Å². The fourth-order valence-electron chi connectivity index (χ4n) is 3.02. The molecule has 3 N–H and O–H groups in total. The molecule has 0 aliphatic heterocycles. The van der Waals surface area contributed by atoms with Gasteiger partial charge in [0.25, 0.3) is 10.0 Å². The van der Waals surface area contributed by atoms with Gasteiger partial charge in [0, 0.05) is 24.0 Å². The number of rotatable bonds is 7. The maximum absolute atomic E-state index is 12.6. The van der Waals surface area contributed by atoms with Crippen molar-refractivity contribution in [3.8, 4) is 5.82 Å². The number of benzene rings is 1. The fourth-order valence-corrected chi connectivity index (χ4v) is 5.15. The van der Waals surface area contributed by atoms with Gasteiger partial charge >= 0.3 is 0 Å². The first kappa shape index (κ1) is 23.3. The highest BCUT2D eigenvalue weighted by Gasteiger charge is 2.18. The van der Waals surface area contributed by atoms with E-state index in [0.717, 1.165) is 28.3 Å². The van der Waals surface area contributed by atoms with Gasteiger partial charge < -0.3 is 10.6 Å². The Hall–Kier alpha value is -3.84. The summed E-state index contributed by atoms with van der Waals surface area (Å²) in [5.41, 5.74) is 4.15. The number of amides is 1. The summed E-state index contributed by atoms with van der Waals surface area (Å²) < 4.78 is 29.4. The highest BCUT2D eigenvalue weighted by atomic mass is 32.2. The SMILES string of the molecule is CC(=O)Nc1ncc(S(=O)(=O)Nc2ccc(Nc3ccc(-n4nc(C)c(C)c4C)nn3)cc2)s1. The molecule has 1 aromatic carbocycles. The van der Waals surface area contributed by atoms with E-state index in [2.05, 4.69) is 35.6 Å². The largest absolute Gasteiger partial charge is 0.339 e. The van der Waals surface area contributed by atoms with Gasteiger partial charge in [-0.15, -0.1) is 10.2 Å². The molecule has 0 unspecified atom stereocenters. The standard InChI is InChI=1S/C21H22N8O3S2/c1-12-13(2)27-29(14(12)3)19-10-9-18(25-26-19)24-16-5-7-17(8-6-16)28-34(31,32)20-11-22-21(33-20)23-15(4)30/h5-11,28H,1-4H3,(H,24,25)(H,22,23,30). The molecular formula is C21H22N8O3S2. The predicted molar refractivity (Wildman–Crippen MR) is 130 cm³/mol. The number of aryl methyl sites for hydroxylation is 1. The van der Waals surface area contributed by atoms with E-state index in [4.69, 9.17) is 0 Å². The Morgan fingerprint density at radius 2 is 1.71 bits per heavy atom. The molecule has 3 heterocycles. The van der Waals surface area contributed by atoms with Crippen molar-refractivity contribution in [2.24, 2.45) is 0 Å². The molecule has 4 rings (SSSR count). The maximum Gasteiger partial charge on any atom is 0.273 e. The Morgan fingerprint density at radius 3 is 2.29 bits per heavy atom. The molecule has 176 valence electrons. The Morgan fingerprint density at radius 1 is 1.00 bits per heavy atom. The van der Waals surface area contributed by atoms with Gasteiger partial charge in [-0.05, 0) is 62.7 Å². The average Bonchev–Trinajstić information content (AvgIpc) is 3.36. The number of carbonyl (C=O) groups excluding carboxylic acids is 1. The van der Waals surface area contributed by atoms with Crippen molar-refractivity contribution in [3.63, 3.8) is 0 Å². The van der Waals surface area contributed by atoms with Crippen molar-refractivity contribution >= 4 is 49.6 Å². The van der Waals surface area contributed by atoms with Gasteiger partial charge in [-0.25, -0.2) is 18.1 Å². The van der Waals surface area contributed by atoms with Crippen molar-refractivity contribution in [1.29, 1.82) is 0 Å². The van der Waals surface area contributed by atoms with E-state index >= 15 is 0 Å². The van der Waals surface area contributed by atoms with Crippen molar-refractivity contribution in [2.75, 3.05) is 15.4 Å². The van der Waals surface area contributed by atoms with Crippen LogP contribution in [0.2, 0.25) is 0 Å². The molecule has 0 bridgehead atoms. The van der Waals surface area contributed by atoms with Crippen LogP contribution in [-0.2, 0) is 14.8 Å². The van der Waals surface area contributed by atoms with Crippen molar-refractivity contribution < 1.29 is 13.2 Å². The predicted octanol–water partition coefficient (Wildman–Crippen LogP) is 3.55. The molecule has 0 spiro atoms. The number of nitrogens with zero attached hydrogens (tertiary/aromatic N) is 5. The zero-order valence-corrected chi connectivity index (χ0v) is 20.5. The Labute approximate surface area is 200 Å². The van der Waals surface area contributed by atoms with Crippen molar-refractivity contribution in [2.45, 2.75) is 31.9 Å². The topological polar surface area (TPSA) is 144 Å². The highest BCUT2D eigenvalue weighted by Crippen LogP contribution is 2.26. The lowest BCUT2D eigenvalue weighted by molar-refractivity contribution is -0.114. The molecule has 0 aliphatic carbocycles. The summed E-state index contributed by atoms with van der Waals surface area (Å²) >= 11 is 0.867. The van der Waals surface area contributed by atoms with E-state index in [-0.39, 0.29) is 15.2 Å². The Bertz CT molecular complexity index is 1440. The number of hydrogen-bond acceptors (Lipinski definition) is 9. The normalized spacial score (nSPS) is 11.3. The number of hydrogen-bond donors (Lipinski definition) is 3. The minimum atomic E-state index is -3.83. The first-order valence-electron chi connectivity index (χ1n) is 10.1. The average molecular weight is 499 g/mol. The van der Waals surface area contributed by atoms with Gasteiger partial charge in [0.15, 0.2) is 21.0 Å². The van der Waals surface area contributed by atoms with Gasteiger partial charge in [-0.1, -0.05) is 11.3 Å². The molecule has 0 saturated carbocycles. The second kappa shape index (κ2) is 9.19. The highest BCUT2D eigenvalue weighted by molar-refractivity contribution is 7.94. The molecule has 3 aromatic heterocycles. The summed E-state index contributed by atoms with van der Waals surface area (Å²) in [4.78, 5) is 15.0. The summed E-state index contributed by atoms with van der Waals surface area (Å²) in [7, 11) is -3.83. The lowest BCUT2D eigenvalue weighted by Gasteiger charge is -2.09. The molecule has 0 atom stereocenters. The van der Waals surface area contributed by atoms with E-state index in [9.17, 15) is 13.2 Å². The lowest BCUT2D eigenvalue weighted by Crippen LogP contribution is -2.11. The minimum absolute atomic E-state index is 0.00776. The van der Waals surface area contributed by atoms with Crippen LogP contribution in [0.3, 0.4) is 0 Å². The van der Waals surface area contributed by atoms with Gasteiger partial charge in [0.05, 0.1) is 11.9 Å². The summed E-state index contributed by atoms with van der Waals surface area (Å²) in [5.74, 6) is 0.828. The Kier molecular flexibility index (Phi) is 6.30. The second-order valence-corrected chi connectivity index (χ2v) is 10.4. The third-order valence-corrected chi connectivity index (χ3v) is 7.72. The van der Waals surface area contributed by atoms with E-state index in [1.54, 1.807) is 35.0 Å². The summed E-state index contributed by atoms with van der Waals surface area (Å²) in [6, 6.07) is 10.3. The number of carbonyl (C=O) groups is 1. The first-order valence-corrected chi connectivity index (χ1v) is 12.4. The van der Waals surface area contributed by atoms with Crippen LogP contribution in [0.5, 0.6) is 0 Å². The van der Waals surface area contributed by atoms with Gasteiger partial charge in [0.1, 0.15) is 0 Å². The summed E-state index contributed by atoms with van der Waals surface area (Å²) in [6.07, 6.45) is 1.20. The number of aromatic nitrogens is 5. The third-order valence-electron chi connectivity index (χ3n) is 4.96. The van der Waals surface area contributed by atoms with Crippen LogP contribution in [-0.4, -0.2) is 39.3 Å². The number of thiazole rings is 1. The molecule has 11 nitrogen and oxygen atoms in total. The van der Waals surface area contributed by atoms with Crippen LogP contribution in [0.25, 0.3) is 5.82 Å².